The summed E-state index contributed by atoms with van der Waals surface area (Å²) >= 11 is 9.37. The molecule has 102 valence electrons. The molecule has 3 aromatic rings. The molecule has 0 radical (unpaired) electrons. The zero-order valence-electron chi connectivity index (χ0n) is 10.9. The molecule has 0 aliphatic carbocycles. The van der Waals surface area contributed by atoms with Gasteiger partial charge >= 0.3 is 0 Å². The first kappa shape index (κ1) is 13.9. The van der Waals surface area contributed by atoms with E-state index >= 15 is 0 Å². The number of anilines is 2. The number of halogens is 2. The largest absolute Gasteiger partial charge is 0.354 e. The van der Waals surface area contributed by atoms with Crippen molar-refractivity contribution in [2.75, 3.05) is 5.32 Å². The van der Waals surface area contributed by atoms with Gasteiger partial charge in [0, 0.05) is 15.2 Å². The molecule has 0 aliphatic rings. The van der Waals surface area contributed by atoms with Gasteiger partial charge in [0.2, 0.25) is 0 Å². The number of fused-ring (bicyclic) bond motifs is 1. The summed E-state index contributed by atoms with van der Waals surface area (Å²) in [5.74, 6) is 0. The highest BCUT2D eigenvalue weighted by Gasteiger charge is 2.04. The summed E-state index contributed by atoms with van der Waals surface area (Å²) in [5, 5.41) is 15.3. The number of benzene rings is 3. The number of nitrogens with one attached hydrogen (secondary N) is 1. The van der Waals surface area contributed by atoms with Crippen molar-refractivity contribution in [2.45, 2.75) is 0 Å². The van der Waals surface area contributed by atoms with E-state index in [-0.39, 0.29) is 0 Å². The number of nitrogens with zero attached hydrogens (tertiary/aromatic N) is 1. The number of hydrogen-bond acceptors (Lipinski definition) is 2. The summed E-state index contributed by atoms with van der Waals surface area (Å²) < 4.78 is 1.06. The molecule has 0 aromatic heterocycles. The maximum Gasteiger partial charge on any atom is 0.101 e. The Balaban J connectivity index is 1.99. The Morgan fingerprint density at radius 1 is 0.952 bits per heavy atom. The maximum absolute atomic E-state index is 9.17. The molecule has 21 heavy (non-hydrogen) atoms. The predicted octanol–water partition coefficient (Wildman–Crippen LogP) is 5.87. The highest BCUT2D eigenvalue weighted by Crippen LogP contribution is 2.27. The molecule has 2 nitrogen and oxygen atoms in total. The molecule has 0 fully saturated rings. The third kappa shape index (κ3) is 3.02. The van der Waals surface area contributed by atoms with Gasteiger partial charge in [0.25, 0.3) is 0 Å². The maximum atomic E-state index is 9.17. The molecule has 0 atom stereocenters. The summed E-state index contributed by atoms with van der Waals surface area (Å²) in [6.45, 7) is 0. The second-order valence-corrected chi connectivity index (χ2v) is 5.99. The fourth-order valence-corrected chi connectivity index (χ4v) is 2.72. The van der Waals surface area contributed by atoms with E-state index in [1.165, 1.54) is 0 Å². The average Bonchev–Trinajstić information content (AvgIpc) is 2.49. The van der Waals surface area contributed by atoms with Crippen molar-refractivity contribution in [3.8, 4) is 6.07 Å². The van der Waals surface area contributed by atoms with Gasteiger partial charge in [-0.2, -0.15) is 5.26 Å². The number of hydrogen-bond donors (Lipinski definition) is 1. The molecule has 0 spiro atoms. The van der Waals surface area contributed by atoms with Crippen LogP contribution in [0.15, 0.2) is 59.1 Å². The topological polar surface area (TPSA) is 35.8 Å². The quantitative estimate of drug-likeness (QED) is 0.622. The van der Waals surface area contributed by atoms with Crippen molar-refractivity contribution in [2.24, 2.45) is 0 Å². The van der Waals surface area contributed by atoms with Gasteiger partial charge in [-0.3, -0.25) is 0 Å². The summed E-state index contributed by atoms with van der Waals surface area (Å²) in [6.07, 6.45) is 0. The van der Waals surface area contributed by atoms with E-state index in [1.54, 1.807) is 12.1 Å². The SMILES string of the molecule is N#Cc1cc(Cl)ccc1Nc1ccc2cc(Br)ccc2c1. The average molecular weight is 358 g/mol. The molecule has 0 saturated heterocycles. The van der Waals surface area contributed by atoms with Crippen LogP contribution in [-0.2, 0) is 0 Å². The Labute approximate surface area is 136 Å². The van der Waals surface area contributed by atoms with E-state index in [4.69, 9.17) is 16.9 Å². The van der Waals surface area contributed by atoms with Crippen LogP contribution >= 0.6 is 27.5 Å². The molecule has 1 N–H and O–H groups in total. The highest BCUT2D eigenvalue weighted by atomic mass is 79.9. The molecule has 0 bridgehead atoms. The summed E-state index contributed by atoms with van der Waals surface area (Å²) in [4.78, 5) is 0. The molecular weight excluding hydrogens is 348 g/mol. The monoisotopic (exact) mass is 356 g/mol. The molecule has 0 unspecified atom stereocenters. The minimum Gasteiger partial charge on any atom is -0.354 e. The summed E-state index contributed by atoms with van der Waals surface area (Å²) in [7, 11) is 0. The Bertz CT molecular complexity index is 868. The van der Waals surface area contributed by atoms with Crippen LogP contribution in [-0.4, -0.2) is 0 Å². The fourth-order valence-electron chi connectivity index (χ4n) is 2.17. The number of nitriles is 1. The molecule has 0 saturated carbocycles. The minimum atomic E-state index is 0.526. The van der Waals surface area contributed by atoms with E-state index in [0.717, 1.165) is 26.6 Å². The third-order valence-corrected chi connectivity index (χ3v) is 3.91. The van der Waals surface area contributed by atoms with Gasteiger partial charge in [0.15, 0.2) is 0 Å². The van der Waals surface area contributed by atoms with Gasteiger partial charge in [-0.15, -0.1) is 0 Å². The first-order valence-corrected chi connectivity index (χ1v) is 7.49. The Hall–Kier alpha value is -2.02. The smallest absolute Gasteiger partial charge is 0.101 e. The second kappa shape index (κ2) is 5.77. The zero-order chi connectivity index (χ0) is 14.8. The van der Waals surface area contributed by atoms with Crippen LogP contribution in [0.2, 0.25) is 5.02 Å². The van der Waals surface area contributed by atoms with Crippen molar-refractivity contribution in [3.05, 3.63) is 69.7 Å². The predicted molar refractivity (Wildman–Crippen MR) is 91.1 cm³/mol. The van der Waals surface area contributed by atoms with Crippen molar-refractivity contribution in [3.63, 3.8) is 0 Å². The molecule has 4 heteroatoms. The lowest BCUT2D eigenvalue weighted by atomic mass is 10.1. The molecule has 3 aromatic carbocycles. The molecule has 0 heterocycles. The Morgan fingerprint density at radius 2 is 1.71 bits per heavy atom. The second-order valence-electron chi connectivity index (χ2n) is 4.63. The van der Waals surface area contributed by atoms with Gasteiger partial charge < -0.3 is 5.32 Å². The lowest BCUT2D eigenvalue weighted by molar-refractivity contribution is 1.46. The van der Waals surface area contributed by atoms with Crippen LogP contribution in [0.3, 0.4) is 0 Å². The van der Waals surface area contributed by atoms with Crippen LogP contribution in [0, 0.1) is 11.3 Å². The van der Waals surface area contributed by atoms with Crippen LogP contribution in [0.1, 0.15) is 5.56 Å². The van der Waals surface area contributed by atoms with E-state index in [0.29, 0.717) is 10.6 Å². The van der Waals surface area contributed by atoms with Crippen LogP contribution in [0.4, 0.5) is 11.4 Å². The van der Waals surface area contributed by atoms with Gasteiger partial charge in [0.05, 0.1) is 11.3 Å². The van der Waals surface area contributed by atoms with Crippen molar-refractivity contribution >= 4 is 49.7 Å². The highest BCUT2D eigenvalue weighted by molar-refractivity contribution is 9.10. The Kier molecular flexibility index (Phi) is 3.83. The molecule has 3 rings (SSSR count). The minimum absolute atomic E-state index is 0.526. The van der Waals surface area contributed by atoms with E-state index in [2.05, 4.69) is 45.5 Å². The van der Waals surface area contributed by atoms with E-state index < -0.39 is 0 Å². The lowest BCUT2D eigenvalue weighted by Crippen LogP contribution is -1.93. The van der Waals surface area contributed by atoms with E-state index in [9.17, 15) is 0 Å². The summed E-state index contributed by atoms with van der Waals surface area (Å²) in [6, 6.07) is 19.6. The van der Waals surface area contributed by atoms with Gasteiger partial charge in [0.1, 0.15) is 6.07 Å². The van der Waals surface area contributed by atoms with Crippen molar-refractivity contribution in [1.29, 1.82) is 5.26 Å². The van der Waals surface area contributed by atoms with Gasteiger partial charge in [-0.25, -0.2) is 0 Å². The van der Waals surface area contributed by atoms with Crippen LogP contribution in [0.5, 0.6) is 0 Å². The first-order chi connectivity index (χ1) is 10.2. The normalized spacial score (nSPS) is 10.3. The van der Waals surface area contributed by atoms with E-state index in [1.807, 2.05) is 24.3 Å². The summed E-state index contributed by atoms with van der Waals surface area (Å²) in [5.41, 5.74) is 2.21. The van der Waals surface area contributed by atoms with Gasteiger partial charge in [-0.05, 0) is 53.2 Å². The van der Waals surface area contributed by atoms with Crippen LogP contribution in [0.25, 0.3) is 10.8 Å². The lowest BCUT2D eigenvalue weighted by Gasteiger charge is -2.10. The van der Waals surface area contributed by atoms with Crippen molar-refractivity contribution < 1.29 is 0 Å². The standard InChI is InChI=1S/C17H10BrClN2/c18-14-3-1-12-9-16(5-2-11(12)7-14)21-17-6-4-15(19)8-13(17)10-20/h1-9,21H. The fraction of sp³-hybridized carbons (Fsp3) is 0. The van der Waals surface area contributed by atoms with Gasteiger partial charge in [-0.1, -0.05) is 39.7 Å². The first-order valence-electron chi connectivity index (χ1n) is 6.32. The molecule has 0 amide bonds. The zero-order valence-corrected chi connectivity index (χ0v) is 13.2. The van der Waals surface area contributed by atoms with Crippen molar-refractivity contribution in [1.82, 2.24) is 0 Å². The molecular formula is C17H10BrClN2. The van der Waals surface area contributed by atoms with Crippen LogP contribution < -0.4 is 5.32 Å². The Morgan fingerprint density at radius 3 is 2.52 bits per heavy atom. The molecule has 0 aliphatic heterocycles. The third-order valence-electron chi connectivity index (χ3n) is 3.18. The number of rotatable bonds is 2.